The number of carbonyl (C=O) groups is 2. The quantitative estimate of drug-likeness (QED) is 0.653. The summed E-state index contributed by atoms with van der Waals surface area (Å²) in [7, 11) is -3.73. The maximum Gasteiger partial charge on any atom is 0.253 e. The van der Waals surface area contributed by atoms with Crippen molar-refractivity contribution in [2.75, 3.05) is 23.0 Å². The molecule has 0 saturated carbocycles. The van der Waals surface area contributed by atoms with Gasteiger partial charge in [-0.1, -0.05) is 6.92 Å². The standard InChI is InChI=1S/C21H23FN2O5S/c1-14(13-30(27,28)18-10-4-15(22)5-11-18)20(25)23-16-6-8-17(9-7-16)24-21(26)19-3-2-12-29-19/h4-11,14,19H,2-3,12-13H2,1H3,(H,23,25)(H,24,26)/t14-,19+/m0/s1. The maximum atomic E-state index is 13.0. The summed E-state index contributed by atoms with van der Waals surface area (Å²) in [4.78, 5) is 24.4. The Hall–Kier alpha value is -2.78. The molecular weight excluding hydrogens is 411 g/mol. The van der Waals surface area contributed by atoms with Crippen molar-refractivity contribution < 1.29 is 27.1 Å². The van der Waals surface area contributed by atoms with E-state index in [2.05, 4.69) is 10.6 Å². The molecule has 2 N–H and O–H groups in total. The molecule has 1 aliphatic rings. The molecule has 30 heavy (non-hydrogen) atoms. The Labute approximate surface area is 174 Å². The van der Waals surface area contributed by atoms with Crippen molar-refractivity contribution in [3.8, 4) is 0 Å². The summed E-state index contributed by atoms with van der Waals surface area (Å²) in [5.41, 5.74) is 1.04. The van der Waals surface area contributed by atoms with Crippen LogP contribution >= 0.6 is 0 Å². The van der Waals surface area contributed by atoms with Gasteiger partial charge in [-0.2, -0.15) is 0 Å². The second-order valence-corrected chi connectivity index (χ2v) is 9.23. The summed E-state index contributed by atoms with van der Waals surface area (Å²) in [6.45, 7) is 2.09. The number of sulfone groups is 1. The lowest BCUT2D eigenvalue weighted by atomic mass is 10.2. The van der Waals surface area contributed by atoms with Crippen LogP contribution in [0, 0.1) is 11.7 Å². The van der Waals surface area contributed by atoms with Crippen LogP contribution in [-0.4, -0.2) is 38.7 Å². The smallest absolute Gasteiger partial charge is 0.253 e. The molecular formula is C21H23FN2O5S. The maximum absolute atomic E-state index is 13.0. The van der Waals surface area contributed by atoms with E-state index in [1.54, 1.807) is 24.3 Å². The van der Waals surface area contributed by atoms with Crippen molar-refractivity contribution in [2.24, 2.45) is 5.92 Å². The van der Waals surface area contributed by atoms with E-state index in [1.807, 2.05) is 0 Å². The van der Waals surface area contributed by atoms with Gasteiger partial charge >= 0.3 is 0 Å². The fraction of sp³-hybridized carbons (Fsp3) is 0.333. The second-order valence-electron chi connectivity index (χ2n) is 7.19. The van der Waals surface area contributed by atoms with Gasteiger partial charge in [0.05, 0.1) is 10.6 Å². The summed E-state index contributed by atoms with van der Waals surface area (Å²) < 4.78 is 43.2. The minimum atomic E-state index is -3.73. The van der Waals surface area contributed by atoms with Gasteiger partial charge < -0.3 is 15.4 Å². The molecule has 2 aromatic rings. The SMILES string of the molecule is C[C@@H](CS(=O)(=O)c1ccc(F)cc1)C(=O)Nc1ccc(NC(=O)[C@H]2CCCO2)cc1. The zero-order valence-corrected chi connectivity index (χ0v) is 17.2. The molecule has 1 aliphatic heterocycles. The molecule has 0 aromatic heterocycles. The molecule has 7 nitrogen and oxygen atoms in total. The molecule has 0 spiro atoms. The van der Waals surface area contributed by atoms with Gasteiger partial charge in [0.1, 0.15) is 11.9 Å². The molecule has 0 radical (unpaired) electrons. The highest BCUT2D eigenvalue weighted by molar-refractivity contribution is 7.91. The van der Waals surface area contributed by atoms with Crippen LogP contribution < -0.4 is 10.6 Å². The highest BCUT2D eigenvalue weighted by Gasteiger charge is 2.24. The minimum absolute atomic E-state index is 0.0325. The molecule has 0 bridgehead atoms. The number of carbonyl (C=O) groups excluding carboxylic acids is 2. The first kappa shape index (κ1) is 21.9. The van der Waals surface area contributed by atoms with E-state index in [9.17, 15) is 22.4 Å². The molecule has 0 unspecified atom stereocenters. The van der Waals surface area contributed by atoms with Crippen molar-refractivity contribution in [2.45, 2.75) is 30.8 Å². The van der Waals surface area contributed by atoms with Gasteiger partial charge in [-0.15, -0.1) is 0 Å². The highest BCUT2D eigenvalue weighted by atomic mass is 32.2. The highest BCUT2D eigenvalue weighted by Crippen LogP contribution is 2.19. The first-order valence-corrected chi connectivity index (χ1v) is 11.2. The number of halogens is 1. The molecule has 9 heteroatoms. The molecule has 0 aliphatic carbocycles. The van der Waals surface area contributed by atoms with E-state index in [0.29, 0.717) is 24.4 Å². The molecule has 1 saturated heterocycles. The first-order chi connectivity index (χ1) is 14.2. The zero-order chi connectivity index (χ0) is 21.7. The molecule has 2 atom stereocenters. The topological polar surface area (TPSA) is 102 Å². The van der Waals surface area contributed by atoms with Crippen molar-refractivity contribution in [1.29, 1.82) is 0 Å². The lowest BCUT2D eigenvalue weighted by molar-refractivity contribution is -0.124. The summed E-state index contributed by atoms with van der Waals surface area (Å²) in [6, 6.07) is 11.0. The lowest BCUT2D eigenvalue weighted by Crippen LogP contribution is -2.27. The largest absolute Gasteiger partial charge is 0.368 e. The van der Waals surface area contributed by atoms with Crippen molar-refractivity contribution >= 4 is 33.0 Å². The number of amides is 2. The number of hydrogen-bond acceptors (Lipinski definition) is 5. The van der Waals surface area contributed by atoms with Crippen LogP contribution in [-0.2, 0) is 24.2 Å². The van der Waals surface area contributed by atoms with Gasteiger partial charge in [-0.25, -0.2) is 12.8 Å². The van der Waals surface area contributed by atoms with Gasteiger partial charge in [0, 0.05) is 23.9 Å². The van der Waals surface area contributed by atoms with Crippen LogP contribution in [0.5, 0.6) is 0 Å². The Morgan fingerprint density at radius 3 is 2.23 bits per heavy atom. The third-order valence-corrected chi connectivity index (χ3v) is 6.66. The average molecular weight is 434 g/mol. The number of benzene rings is 2. The zero-order valence-electron chi connectivity index (χ0n) is 16.4. The van der Waals surface area contributed by atoms with Crippen LogP contribution in [0.1, 0.15) is 19.8 Å². The van der Waals surface area contributed by atoms with E-state index in [4.69, 9.17) is 4.74 Å². The summed E-state index contributed by atoms with van der Waals surface area (Å²) in [6.07, 6.45) is 1.12. The number of hydrogen-bond donors (Lipinski definition) is 2. The summed E-state index contributed by atoms with van der Waals surface area (Å²) in [5, 5.41) is 5.42. The van der Waals surface area contributed by atoms with Gasteiger partial charge in [0.25, 0.3) is 5.91 Å². The van der Waals surface area contributed by atoms with Crippen LogP contribution in [0.2, 0.25) is 0 Å². The Bertz CT molecular complexity index is 1000. The van der Waals surface area contributed by atoms with E-state index < -0.39 is 39.3 Å². The Morgan fingerprint density at radius 2 is 1.67 bits per heavy atom. The average Bonchev–Trinajstić information content (AvgIpc) is 3.24. The van der Waals surface area contributed by atoms with Crippen molar-refractivity contribution in [3.63, 3.8) is 0 Å². The minimum Gasteiger partial charge on any atom is -0.368 e. The van der Waals surface area contributed by atoms with Gasteiger partial charge in [0.15, 0.2) is 9.84 Å². The number of nitrogens with one attached hydrogen (secondary N) is 2. The fourth-order valence-electron chi connectivity index (χ4n) is 3.05. The summed E-state index contributed by atoms with van der Waals surface area (Å²) in [5.74, 6) is -2.42. The Morgan fingerprint density at radius 1 is 1.07 bits per heavy atom. The van der Waals surface area contributed by atoms with E-state index in [-0.39, 0.29) is 10.8 Å². The predicted octanol–water partition coefficient (Wildman–Crippen LogP) is 2.99. The van der Waals surface area contributed by atoms with Gasteiger partial charge in [-0.05, 0) is 61.4 Å². The number of anilines is 2. The molecule has 2 aromatic carbocycles. The molecule has 3 rings (SSSR count). The van der Waals surface area contributed by atoms with Crippen LogP contribution in [0.4, 0.5) is 15.8 Å². The van der Waals surface area contributed by atoms with Crippen molar-refractivity contribution in [1.82, 2.24) is 0 Å². The third-order valence-electron chi connectivity index (χ3n) is 4.73. The van der Waals surface area contributed by atoms with E-state index in [1.165, 1.54) is 19.1 Å². The van der Waals surface area contributed by atoms with Crippen LogP contribution in [0.15, 0.2) is 53.4 Å². The Balaban J connectivity index is 1.55. The number of ether oxygens (including phenoxy) is 1. The molecule has 2 amide bonds. The second kappa shape index (κ2) is 9.36. The normalized spacial score (nSPS) is 17.3. The van der Waals surface area contributed by atoms with Gasteiger partial charge in [0.2, 0.25) is 5.91 Å². The third kappa shape index (κ3) is 5.64. The monoisotopic (exact) mass is 434 g/mol. The van der Waals surface area contributed by atoms with Crippen LogP contribution in [0.3, 0.4) is 0 Å². The Kier molecular flexibility index (Phi) is 6.84. The van der Waals surface area contributed by atoms with Crippen molar-refractivity contribution in [3.05, 3.63) is 54.3 Å². The van der Waals surface area contributed by atoms with E-state index in [0.717, 1.165) is 18.6 Å². The molecule has 1 fully saturated rings. The molecule has 160 valence electrons. The van der Waals surface area contributed by atoms with Crippen LogP contribution in [0.25, 0.3) is 0 Å². The lowest BCUT2D eigenvalue weighted by Gasteiger charge is -2.14. The predicted molar refractivity (Wildman–Crippen MR) is 110 cm³/mol. The fourth-order valence-corrected chi connectivity index (χ4v) is 4.61. The van der Waals surface area contributed by atoms with Gasteiger partial charge in [-0.3, -0.25) is 9.59 Å². The first-order valence-electron chi connectivity index (χ1n) is 9.56. The number of rotatable bonds is 7. The summed E-state index contributed by atoms with van der Waals surface area (Å²) >= 11 is 0. The van der Waals surface area contributed by atoms with E-state index >= 15 is 0 Å². The molecule has 1 heterocycles.